The number of aromatic amines is 1. The number of fused-ring (bicyclic) bond motifs is 1. The zero-order valence-electron chi connectivity index (χ0n) is 7.15. The minimum Gasteiger partial charge on any atom is -0.342 e. The van der Waals surface area contributed by atoms with Crippen molar-refractivity contribution in [3.8, 4) is 0 Å². The van der Waals surface area contributed by atoms with E-state index in [2.05, 4.69) is 9.97 Å². The van der Waals surface area contributed by atoms with Crippen LogP contribution >= 0.6 is 34.8 Å². The molecule has 0 bridgehead atoms. The third kappa shape index (κ3) is 1.83. The van der Waals surface area contributed by atoms with Gasteiger partial charge in [0.1, 0.15) is 5.82 Å². The monoisotopic (exact) mass is 248 g/mol. The first-order valence-electron chi connectivity index (χ1n) is 4.10. The molecule has 1 aromatic heterocycles. The Hall–Kier alpha value is -0.440. The Balaban J connectivity index is 2.54. The van der Waals surface area contributed by atoms with Gasteiger partial charge in [-0.1, -0.05) is 23.2 Å². The lowest BCUT2D eigenvalue weighted by Gasteiger charge is -1.93. The van der Waals surface area contributed by atoms with Gasteiger partial charge in [0.15, 0.2) is 0 Å². The summed E-state index contributed by atoms with van der Waals surface area (Å²) in [5.74, 6) is 1.40. The van der Waals surface area contributed by atoms with Crippen molar-refractivity contribution < 1.29 is 0 Å². The number of alkyl halides is 1. The van der Waals surface area contributed by atoms with Gasteiger partial charge in [-0.15, -0.1) is 11.6 Å². The molecule has 14 heavy (non-hydrogen) atoms. The van der Waals surface area contributed by atoms with E-state index in [0.29, 0.717) is 22.3 Å². The first-order chi connectivity index (χ1) is 6.70. The lowest BCUT2D eigenvalue weighted by atomic mass is 10.3. The molecule has 2 aromatic rings. The van der Waals surface area contributed by atoms with E-state index in [1.54, 1.807) is 12.1 Å². The SMILES string of the molecule is ClCCc1nc2cc(Cl)c(Cl)cc2[nH]1. The number of aryl methyl sites for hydroxylation is 1. The van der Waals surface area contributed by atoms with Crippen LogP contribution in [-0.2, 0) is 6.42 Å². The van der Waals surface area contributed by atoms with E-state index in [1.165, 1.54) is 0 Å². The largest absolute Gasteiger partial charge is 0.342 e. The van der Waals surface area contributed by atoms with Crippen LogP contribution < -0.4 is 0 Å². The molecule has 74 valence electrons. The van der Waals surface area contributed by atoms with Gasteiger partial charge in [-0.05, 0) is 12.1 Å². The van der Waals surface area contributed by atoms with Crippen molar-refractivity contribution in [1.82, 2.24) is 9.97 Å². The van der Waals surface area contributed by atoms with Crippen LogP contribution in [0.5, 0.6) is 0 Å². The summed E-state index contributed by atoms with van der Waals surface area (Å²) in [6.45, 7) is 0. The number of halogens is 3. The van der Waals surface area contributed by atoms with Crippen molar-refractivity contribution in [3.63, 3.8) is 0 Å². The molecule has 0 radical (unpaired) electrons. The lowest BCUT2D eigenvalue weighted by Crippen LogP contribution is -1.87. The summed E-state index contributed by atoms with van der Waals surface area (Å²) in [6, 6.07) is 3.51. The lowest BCUT2D eigenvalue weighted by molar-refractivity contribution is 1.01. The highest BCUT2D eigenvalue weighted by molar-refractivity contribution is 6.42. The van der Waals surface area contributed by atoms with Crippen LogP contribution in [0.4, 0.5) is 0 Å². The Bertz CT molecular complexity index is 425. The molecule has 0 unspecified atom stereocenters. The molecular weight excluding hydrogens is 242 g/mol. The Labute approximate surface area is 96.2 Å². The highest BCUT2D eigenvalue weighted by Gasteiger charge is 2.05. The van der Waals surface area contributed by atoms with E-state index < -0.39 is 0 Å². The van der Waals surface area contributed by atoms with E-state index >= 15 is 0 Å². The number of rotatable bonds is 2. The van der Waals surface area contributed by atoms with Gasteiger partial charge in [0.05, 0.1) is 21.1 Å². The van der Waals surface area contributed by atoms with Crippen LogP contribution in [0.1, 0.15) is 5.82 Å². The molecule has 0 amide bonds. The molecule has 1 N–H and O–H groups in total. The average molecular weight is 250 g/mol. The first-order valence-corrected chi connectivity index (χ1v) is 5.39. The number of nitrogens with zero attached hydrogens (tertiary/aromatic N) is 1. The standard InChI is InChI=1S/C9H7Cl3N2/c10-2-1-9-13-7-3-5(11)6(12)4-8(7)14-9/h3-4H,1-2H2,(H,13,14). The van der Waals surface area contributed by atoms with Crippen molar-refractivity contribution in [1.29, 1.82) is 0 Å². The molecule has 0 aliphatic carbocycles. The molecule has 2 nitrogen and oxygen atoms in total. The number of aromatic nitrogens is 2. The van der Waals surface area contributed by atoms with Crippen molar-refractivity contribution in [3.05, 3.63) is 28.0 Å². The van der Waals surface area contributed by atoms with Crippen LogP contribution in [0.3, 0.4) is 0 Å². The van der Waals surface area contributed by atoms with Crippen molar-refractivity contribution >= 4 is 45.8 Å². The fraction of sp³-hybridized carbons (Fsp3) is 0.222. The summed E-state index contributed by atoms with van der Waals surface area (Å²) in [6.07, 6.45) is 0.714. The number of benzene rings is 1. The molecule has 0 saturated carbocycles. The predicted octanol–water partition coefficient (Wildman–Crippen LogP) is 3.65. The second kappa shape index (κ2) is 3.97. The fourth-order valence-electron chi connectivity index (χ4n) is 1.27. The smallest absolute Gasteiger partial charge is 0.108 e. The van der Waals surface area contributed by atoms with Gasteiger partial charge < -0.3 is 4.98 Å². The van der Waals surface area contributed by atoms with E-state index in [-0.39, 0.29) is 0 Å². The van der Waals surface area contributed by atoms with Crippen molar-refractivity contribution in [2.75, 3.05) is 5.88 Å². The van der Waals surface area contributed by atoms with Crippen LogP contribution in [0.15, 0.2) is 12.1 Å². The molecule has 1 aromatic carbocycles. The Morgan fingerprint density at radius 3 is 2.64 bits per heavy atom. The molecule has 0 atom stereocenters. The molecule has 0 saturated heterocycles. The summed E-state index contributed by atoms with van der Waals surface area (Å²) < 4.78 is 0. The van der Waals surface area contributed by atoms with Crippen LogP contribution in [0, 0.1) is 0 Å². The molecule has 0 fully saturated rings. The fourth-order valence-corrected chi connectivity index (χ4v) is 1.77. The number of nitrogens with one attached hydrogen (secondary N) is 1. The molecule has 2 rings (SSSR count). The number of H-pyrrole nitrogens is 1. The second-order valence-corrected chi connectivity index (χ2v) is 4.10. The summed E-state index contributed by atoms with van der Waals surface area (Å²) in [7, 11) is 0. The molecule has 0 aliphatic rings. The summed E-state index contributed by atoms with van der Waals surface area (Å²) in [5.41, 5.74) is 1.71. The van der Waals surface area contributed by atoms with Gasteiger partial charge in [0.2, 0.25) is 0 Å². The molecule has 0 spiro atoms. The molecule has 0 aliphatic heterocycles. The van der Waals surface area contributed by atoms with Gasteiger partial charge in [-0.3, -0.25) is 0 Å². The topological polar surface area (TPSA) is 28.7 Å². The third-order valence-corrected chi connectivity index (χ3v) is 2.82. The van der Waals surface area contributed by atoms with Gasteiger partial charge in [-0.2, -0.15) is 0 Å². The van der Waals surface area contributed by atoms with Crippen LogP contribution in [0.25, 0.3) is 11.0 Å². The zero-order chi connectivity index (χ0) is 10.1. The summed E-state index contributed by atoms with van der Waals surface area (Å²) in [4.78, 5) is 7.45. The molecule has 1 heterocycles. The maximum Gasteiger partial charge on any atom is 0.108 e. The number of imidazole rings is 1. The van der Waals surface area contributed by atoms with Crippen LogP contribution in [-0.4, -0.2) is 15.8 Å². The maximum atomic E-state index is 5.87. The van der Waals surface area contributed by atoms with Crippen molar-refractivity contribution in [2.24, 2.45) is 0 Å². The van der Waals surface area contributed by atoms with E-state index in [9.17, 15) is 0 Å². The normalized spacial score (nSPS) is 11.1. The minimum atomic E-state index is 0.517. The third-order valence-electron chi connectivity index (χ3n) is 1.90. The maximum absolute atomic E-state index is 5.87. The van der Waals surface area contributed by atoms with E-state index in [4.69, 9.17) is 34.8 Å². The zero-order valence-corrected chi connectivity index (χ0v) is 9.42. The molecular formula is C9H7Cl3N2. The number of hydrogen-bond donors (Lipinski definition) is 1. The number of hydrogen-bond acceptors (Lipinski definition) is 1. The van der Waals surface area contributed by atoms with Gasteiger partial charge >= 0.3 is 0 Å². The summed E-state index contributed by atoms with van der Waals surface area (Å²) in [5, 5.41) is 1.04. The van der Waals surface area contributed by atoms with Gasteiger partial charge in [0, 0.05) is 12.3 Å². The Morgan fingerprint density at radius 1 is 1.21 bits per heavy atom. The average Bonchev–Trinajstić information content (AvgIpc) is 2.48. The quantitative estimate of drug-likeness (QED) is 0.809. The predicted molar refractivity (Wildman–Crippen MR) is 60.5 cm³/mol. The highest BCUT2D eigenvalue weighted by atomic mass is 35.5. The van der Waals surface area contributed by atoms with E-state index in [0.717, 1.165) is 16.9 Å². The first kappa shape index (κ1) is 10.1. The van der Waals surface area contributed by atoms with Crippen molar-refractivity contribution in [2.45, 2.75) is 6.42 Å². The Kier molecular flexibility index (Phi) is 2.86. The minimum absolute atomic E-state index is 0.517. The summed E-state index contributed by atoms with van der Waals surface area (Å²) >= 11 is 17.3. The molecule has 5 heteroatoms. The Morgan fingerprint density at radius 2 is 1.93 bits per heavy atom. The van der Waals surface area contributed by atoms with E-state index in [1.807, 2.05) is 0 Å². The highest BCUT2D eigenvalue weighted by Crippen LogP contribution is 2.26. The van der Waals surface area contributed by atoms with Gasteiger partial charge in [0.25, 0.3) is 0 Å². The second-order valence-electron chi connectivity index (χ2n) is 2.91. The van der Waals surface area contributed by atoms with Crippen LogP contribution in [0.2, 0.25) is 10.0 Å². The van der Waals surface area contributed by atoms with Gasteiger partial charge in [-0.25, -0.2) is 4.98 Å².